The van der Waals surface area contributed by atoms with Crippen LogP contribution in [0.2, 0.25) is 0 Å². The van der Waals surface area contributed by atoms with E-state index >= 15 is 0 Å². The van der Waals surface area contributed by atoms with Crippen LogP contribution >= 0.6 is 0 Å². The van der Waals surface area contributed by atoms with Crippen LogP contribution in [-0.4, -0.2) is 32.3 Å². The molecule has 106 valence electrons. The number of hydrogen-bond donors (Lipinski definition) is 1. The van der Waals surface area contributed by atoms with Gasteiger partial charge in [-0.3, -0.25) is 0 Å². The van der Waals surface area contributed by atoms with Crippen molar-refractivity contribution in [1.82, 2.24) is 5.32 Å². The molecule has 3 nitrogen and oxygen atoms in total. The van der Waals surface area contributed by atoms with Gasteiger partial charge in [0.2, 0.25) is 0 Å². The Morgan fingerprint density at radius 1 is 1.37 bits per heavy atom. The van der Waals surface area contributed by atoms with Crippen LogP contribution in [0.5, 0.6) is 5.75 Å². The zero-order valence-electron chi connectivity index (χ0n) is 9.91. The normalized spacial score (nSPS) is 20.6. The van der Waals surface area contributed by atoms with Gasteiger partial charge in [-0.1, -0.05) is 12.1 Å². The number of nitrogens with one attached hydrogen (secondary N) is 1. The Hall–Kier alpha value is -1.34. The lowest BCUT2D eigenvalue weighted by molar-refractivity contribution is -0.253. The van der Waals surface area contributed by atoms with E-state index in [1.165, 1.54) is 18.2 Å². The molecule has 0 unspecified atom stereocenters. The molecule has 0 amide bonds. The second-order valence-electron chi connectivity index (χ2n) is 4.12. The van der Waals surface area contributed by atoms with E-state index in [9.17, 15) is 17.6 Å². The largest absolute Gasteiger partial charge is 0.461 e. The van der Waals surface area contributed by atoms with Gasteiger partial charge in [-0.25, -0.2) is 0 Å². The van der Waals surface area contributed by atoms with Crippen molar-refractivity contribution in [1.29, 1.82) is 0 Å². The summed E-state index contributed by atoms with van der Waals surface area (Å²) in [7, 11) is 0. The number of halogens is 4. The third-order valence-electron chi connectivity index (χ3n) is 2.69. The molecule has 0 aliphatic carbocycles. The van der Waals surface area contributed by atoms with Crippen molar-refractivity contribution >= 4 is 0 Å². The van der Waals surface area contributed by atoms with Gasteiger partial charge in [0.15, 0.2) is 0 Å². The molecule has 0 bridgehead atoms. The van der Waals surface area contributed by atoms with Crippen LogP contribution in [0.3, 0.4) is 0 Å². The van der Waals surface area contributed by atoms with Crippen LogP contribution in [0.15, 0.2) is 24.3 Å². The first-order valence-corrected chi connectivity index (χ1v) is 5.75. The molecule has 0 radical (unpaired) electrons. The number of hydrogen-bond acceptors (Lipinski definition) is 3. The van der Waals surface area contributed by atoms with Crippen LogP contribution < -0.4 is 10.1 Å². The van der Waals surface area contributed by atoms with Crippen LogP contribution in [0.1, 0.15) is 11.6 Å². The van der Waals surface area contributed by atoms with Crippen molar-refractivity contribution < 1.29 is 27.0 Å². The molecule has 0 aromatic heterocycles. The molecular formula is C12H13F4NO2. The average molecular weight is 279 g/mol. The second kappa shape index (κ2) is 5.75. The summed E-state index contributed by atoms with van der Waals surface area (Å²) in [5, 5.41) is 3.13. The van der Waals surface area contributed by atoms with E-state index in [2.05, 4.69) is 10.1 Å². The van der Waals surface area contributed by atoms with Gasteiger partial charge in [0.05, 0.1) is 19.3 Å². The fourth-order valence-corrected chi connectivity index (χ4v) is 1.78. The molecule has 1 N–H and O–H groups in total. The van der Waals surface area contributed by atoms with E-state index in [1.54, 1.807) is 6.07 Å². The predicted molar refractivity (Wildman–Crippen MR) is 59.6 cm³/mol. The second-order valence-corrected chi connectivity index (χ2v) is 4.12. The Morgan fingerprint density at radius 3 is 2.79 bits per heavy atom. The Balaban J connectivity index is 2.10. The van der Waals surface area contributed by atoms with E-state index in [1.807, 2.05) is 0 Å². The molecule has 0 spiro atoms. The number of alkyl halides is 4. The van der Waals surface area contributed by atoms with Crippen LogP contribution in [0.25, 0.3) is 0 Å². The molecule has 0 saturated carbocycles. The molecule has 1 aromatic carbocycles. The van der Waals surface area contributed by atoms with Gasteiger partial charge < -0.3 is 14.8 Å². The summed E-state index contributed by atoms with van der Waals surface area (Å²) in [5.41, 5.74) is 0.655. The highest BCUT2D eigenvalue weighted by Gasteiger charge is 2.44. The highest BCUT2D eigenvalue weighted by Crippen LogP contribution is 2.29. The zero-order chi connectivity index (χ0) is 13.9. The molecule has 1 saturated heterocycles. The predicted octanol–water partition coefficient (Wildman–Crippen LogP) is 2.58. The fraction of sp³-hybridized carbons (Fsp3) is 0.500. The van der Waals surface area contributed by atoms with Crippen LogP contribution in [0, 0.1) is 0 Å². The molecule has 1 atom stereocenters. The molecule has 1 heterocycles. The number of rotatable bonds is 4. The molecule has 2 rings (SSSR count). The first-order chi connectivity index (χ1) is 8.99. The maximum Gasteiger partial charge on any atom is 0.461 e. The lowest BCUT2D eigenvalue weighted by Gasteiger charge is -2.25. The Labute approximate surface area is 107 Å². The number of morpholine rings is 1. The third-order valence-corrected chi connectivity index (χ3v) is 2.69. The Kier molecular flexibility index (Phi) is 4.26. The lowest BCUT2D eigenvalue weighted by atomic mass is 10.1. The quantitative estimate of drug-likeness (QED) is 0.859. The topological polar surface area (TPSA) is 30.5 Å². The van der Waals surface area contributed by atoms with E-state index in [-0.39, 0.29) is 11.8 Å². The van der Waals surface area contributed by atoms with E-state index < -0.39 is 12.5 Å². The summed E-state index contributed by atoms with van der Waals surface area (Å²) in [5.74, 6) is -0.296. The SMILES string of the molecule is FC(F)C(F)(F)Oc1cccc([C@H]2COCCN2)c1. The summed E-state index contributed by atoms with van der Waals surface area (Å²) in [6.07, 6.45) is -8.36. The summed E-state index contributed by atoms with van der Waals surface area (Å²) >= 11 is 0. The van der Waals surface area contributed by atoms with Crippen LogP contribution in [-0.2, 0) is 4.74 Å². The summed E-state index contributed by atoms with van der Waals surface area (Å²) in [6.45, 7) is 1.62. The molecular weight excluding hydrogens is 266 g/mol. The highest BCUT2D eigenvalue weighted by molar-refractivity contribution is 5.31. The molecule has 1 aliphatic heterocycles. The maximum absolute atomic E-state index is 12.8. The van der Waals surface area contributed by atoms with Crippen molar-refractivity contribution in [3.05, 3.63) is 29.8 Å². The minimum atomic E-state index is -4.49. The maximum atomic E-state index is 12.8. The molecule has 1 aliphatic rings. The van der Waals surface area contributed by atoms with Gasteiger partial charge in [-0.15, -0.1) is 0 Å². The molecule has 7 heteroatoms. The summed E-state index contributed by atoms with van der Waals surface area (Å²) in [4.78, 5) is 0. The van der Waals surface area contributed by atoms with Crippen molar-refractivity contribution in [2.24, 2.45) is 0 Å². The first kappa shape index (κ1) is 14.1. The third kappa shape index (κ3) is 3.57. The summed E-state index contributed by atoms with van der Waals surface area (Å²) < 4.78 is 59.0. The van der Waals surface area contributed by atoms with E-state index in [0.717, 1.165) is 0 Å². The molecule has 19 heavy (non-hydrogen) atoms. The van der Waals surface area contributed by atoms with Crippen molar-refractivity contribution in [2.75, 3.05) is 19.8 Å². The van der Waals surface area contributed by atoms with Crippen LogP contribution in [0.4, 0.5) is 17.6 Å². The fourth-order valence-electron chi connectivity index (χ4n) is 1.78. The van der Waals surface area contributed by atoms with Gasteiger partial charge in [-0.05, 0) is 17.7 Å². The van der Waals surface area contributed by atoms with Crippen molar-refractivity contribution in [3.63, 3.8) is 0 Å². The average Bonchev–Trinajstić information content (AvgIpc) is 2.39. The Morgan fingerprint density at radius 2 is 2.16 bits per heavy atom. The van der Waals surface area contributed by atoms with Gasteiger partial charge in [-0.2, -0.15) is 17.6 Å². The minimum Gasteiger partial charge on any atom is -0.428 e. The van der Waals surface area contributed by atoms with Gasteiger partial charge >= 0.3 is 12.5 Å². The minimum absolute atomic E-state index is 0.155. The Bertz CT molecular complexity index is 422. The van der Waals surface area contributed by atoms with Gasteiger partial charge in [0.1, 0.15) is 5.75 Å². The van der Waals surface area contributed by atoms with Gasteiger partial charge in [0.25, 0.3) is 0 Å². The monoisotopic (exact) mass is 279 g/mol. The highest BCUT2D eigenvalue weighted by atomic mass is 19.3. The van der Waals surface area contributed by atoms with E-state index in [4.69, 9.17) is 4.74 Å². The first-order valence-electron chi connectivity index (χ1n) is 5.75. The van der Waals surface area contributed by atoms with E-state index in [0.29, 0.717) is 25.3 Å². The smallest absolute Gasteiger partial charge is 0.428 e. The summed E-state index contributed by atoms with van der Waals surface area (Å²) in [6, 6.07) is 5.53. The standard InChI is InChI=1S/C12H13F4NO2/c13-11(14)12(15,16)19-9-3-1-2-8(6-9)10-7-18-5-4-17-10/h1-3,6,10-11,17H,4-5,7H2/t10-/m1/s1. The van der Waals surface area contributed by atoms with Gasteiger partial charge in [0, 0.05) is 6.54 Å². The number of ether oxygens (including phenoxy) is 2. The lowest BCUT2D eigenvalue weighted by Crippen LogP contribution is -2.35. The van der Waals surface area contributed by atoms with Crippen molar-refractivity contribution in [3.8, 4) is 5.75 Å². The number of benzene rings is 1. The molecule has 1 aromatic rings. The molecule has 1 fully saturated rings. The zero-order valence-corrected chi connectivity index (χ0v) is 9.91. The van der Waals surface area contributed by atoms with Crippen molar-refractivity contribution in [2.45, 2.75) is 18.6 Å².